The van der Waals surface area contributed by atoms with Crippen molar-refractivity contribution in [3.8, 4) is 5.69 Å². The van der Waals surface area contributed by atoms with E-state index in [0.29, 0.717) is 15.7 Å². The van der Waals surface area contributed by atoms with Gasteiger partial charge < -0.3 is 4.74 Å². The average Bonchev–Trinajstić information content (AvgIpc) is 3.01. The predicted octanol–water partition coefficient (Wildman–Crippen LogP) is 6.53. The van der Waals surface area contributed by atoms with Gasteiger partial charge in [0.15, 0.2) is 5.69 Å². The first-order valence-electron chi connectivity index (χ1n) is 9.29. The third kappa shape index (κ3) is 4.55. The van der Waals surface area contributed by atoms with Crippen molar-refractivity contribution in [2.24, 2.45) is 0 Å². The van der Waals surface area contributed by atoms with Crippen LogP contribution in [0.4, 0.5) is 0 Å². The van der Waals surface area contributed by atoms with Crippen LogP contribution >= 0.6 is 23.2 Å². The van der Waals surface area contributed by atoms with Gasteiger partial charge in [0.2, 0.25) is 0 Å². The molecule has 0 aliphatic heterocycles. The predicted molar refractivity (Wildman–Crippen MR) is 119 cm³/mol. The number of benzene rings is 2. The Hall–Kier alpha value is -2.56. The number of aromatic nitrogens is 2. The van der Waals surface area contributed by atoms with Crippen LogP contribution < -0.4 is 0 Å². The molecular formula is C23H22Cl2N2O2. The van der Waals surface area contributed by atoms with Gasteiger partial charge in [0.05, 0.1) is 23.0 Å². The highest BCUT2D eigenvalue weighted by atomic mass is 35.5. The molecule has 1 heterocycles. The summed E-state index contributed by atoms with van der Waals surface area (Å²) in [5, 5.41) is 5.80. The second kappa shape index (κ2) is 8.85. The Labute approximate surface area is 180 Å². The largest absolute Gasteiger partial charge is 0.461 e. The first-order chi connectivity index (χ1) is 13.8. The Balaban J connectivity index is 2.20. The maximum absolute atomic E-state index is 12.5. The van der Waals surface area contributed by atoms with Gasteiger partial charge >= 0.3 is 5.97 Å². The van der Waals surface area contributed by atoms with Gasteiger partial charge in [0, 0.05) is 10.6 Å². The third-order valence-corrected chi connectivity index (χ3v) is 5.10. The molecular weight excluding hydrogens is 407 g/mol. The zero-order valence-electron chi connectivity index (χ0n) is 16.8. The van der Waals surface area contributed by atoms with E-state index < -0.39 is 5.97 Å². The number of carbonyl (C=O) groups is 1. The van der Waals surface area contributed by atoms with E-state index in [0.717, 1.165) is 28.0 Å². The summed E-state index contributed by atoms with van der Waals surface area (Å²) in [7, 11) is 0. The van der Waals surface area contributed by atoms with Crippen LogP contribution in [-0.4, -0.2) is 22.4 Å². The molecule has 3 aromatic rings. The van der Waals surface area contributed by atoms with Gasteiger partial charge in [-0.15, -0.1) is 0 Å². The van der Waals surface area contributed by atoms with E-state index in [-0.39, 0.29) is 12.3 Å². The molecule has 0 radical (unpaired) electrons. The van der Waals surface area contributed by atoms with Gasteiger partial charge in [-0.2, -0.15) is 5.10 Å². The van der Waals surface area contributed by atoms with Crippen LogP contribution in [0.25, 0.3) is 17.3 Å². The van der Waals surface area contributed by atoms with Crippen molar-refractivity contribution < 1.29 is 9.53 Å². The molecule has 4 nitrogen and oxygen atoms in total. The number of aryl methyl sites for hydroxylation is 1. The molecule has 0 bridgehead atoms. The number of hydrogen-bond donors (Lipinski definition) is 0. The number of rotatable bonds is 5. The van der Waals surface area contributed by atoms with Crippen LogP contribution in [0.2, 0.25) is 10.0 Å². The fourth-order valence-electron chi connectivity index (χ4n) is 3.19. The molecule has 2 aromatic carbocycles. The lowest BCUT2D eigenvalue weighted by molar-refractivity contribution is 0.0518. The SMILES string of the molecule is CCOC(=O)c1nn(-c2ccc(C)cc2Cl)c(/C(C)=C/c2ccc(Cl)cc2)c1C. The summed E-state index contributed by atoms with van der Waals surface area (Å²) < 4.78 is 6.91. The molecule has 0 aliphatic carbocycles. The highest BCUT2D eigenvalue weighted by Gasteiger charge is 2.23. The summed E-state index contributed by atoms with van der Waals surface area (Å²) in [5.74, 6) is -0.451. The topological polar surface area (TPSA) is 44.1 Å². The summed E-state index contributed by atoms with van der Waals surface area (Å²) in [6.45, 7) is 7.87. The lowest BCUT2D eigenvalue weighted by atomic mass is 10.0. The van der Waals surface area contributed by atoms with E-state index in [4.69, 9.17) is 27.9 Å². The normalized spacial score (nSPS) is 11.6. The van der Waals surface area contributed by atoms with Crippen LogP contribution in [-0.2, 0) is 4.74 Å². The Morgan fingerprint density at radius 3 is 2.45 bits per heavy atom. The van der Waals surface area contributed by atoms with Crippen molar-refractivity contribution in [3.63, 3.8) is 0 Å². The highest BCUT2D eigenvalue weighted by molar-refractivity contribution is 6.32. The van der Waals surface area contributed by atoms with Crippen molar-refractivity contribution in [3.05, 3.63) is 80.6 Å². The van der Waals surface area contributed by atoms with Gasteiger partial charge in [0.1, 0.15) is 0 Å². The van der Waals surface area contributed by atoms with E-state index in [1.807, 2.05) is 69.3 Å². The monoisotopic (exact) mass is 428 g/mol. The molecule has 150 valence electrons. The molecule has 0 saturated carbocycles. The number of ether oxygens (including phenoxy) is 1. The minimum Gasteiger partial charge on any atom is -0.461 e. The van der Waals surface area contributed by atoms with Crippen LogP contribution in [0.3, 0.4) is 0 Å². The number of carbonyl (C=O) groups excluding carboxylic acids is 1. The molecule has 1 aromatic heterocycles. The zero-order valence-corrected chi connectivity index (χ0v) is 18.3. The minimum absolute atomic E-state index is 0.280. The first kappa shape index (κ1) is 21.2. The smallest absolute Gasteiger partial charge is 0.359 e. The van der Waals surface area contributed by atoms with Gasteiger partial charge in [-0.3, -0.25) is 0 Å². The molecule has 0 N–H and O–H groups in total. The molecule has 6 heteroatoms. The van der Waals surface area contributed by atoms with Crippen molar-refractivity contribution in [1.29, 1.82) is 0 Å². The first-order valence-corrected chi connectivity index (χ1v) is 10.0. The van der Waals surface area contributed by atoms with Gasteiger partial charge in [0.25, 0.3) is 0 Å². The summed E-state index contributed by atoms with van der Waals surface area (Å²) >= 11 is 12.5. The van der Waals surface area contributed by atoms with Gasteiger partial charge in [-0.05, 0) is 74.7 Å². The van der Waals surface area contributed by atoms with Crippen LogP contribution in [0.1, 0.15) is 46.7 Å². The second-order valence-electron chi connectivity index (χ2n) is 6.79. The van der Waals surface area contributed by atoms with Crippen LogP contribution in [0.5, 0.6) is 0 Å². The van der Waals surface area contributed by atoms with E-state index in [9.17, 15) is 4.79 Å². The van der Waals surface area contributed by atoms with Gasteiger partial charge in [-0.1, -0.05) is 41.4 Å². The van der Waals surface area contributed by atoms with E-state index >= 15 is 0 Å². The van der Waals surface area contributed by atoms with Crippen molar-refractivity contribution >= 4 is 40.8 Å². The summed E-state index contributed by atoms with van der Waals surface area (Å²) in [6.07, 6.45) is 2.02. The molecule has 0 unspecified atom stereocenters. The Bertz CT molecular complexity index is 1080. The molecule has 0 aliphatic rings. The lowest BCUT2D eigenvalue weighted by Gasteiger charge is -2.11. The van der Waals surface area contributed by atoms with Gasteiger partial charge in [-0.25, -0.2) is 9.48 Å². The molecule has 0 amide bonds. The lowest BCUT2D eigenvalue weighted by Crippen LogP contribution is -2.08. The fraction of sp³-hybridized carbons (Fsp3) is 0.217. The second-order valence-corrected chi connectivity index (χ2v) is 7.63. The van der Waals surface area contributed by atoms with Crippen molar-refractivity contribution in [1.82, 2.24) is 9.78 Å². The quantitative estimate of drug-likeness (QED) is 0.433. The average molecular weight is 429 g/mol. The highest BCUT2D eigenvalue weighted by Crippen LogP contribution is 2.30. The molecule has 3 rings (SSSR count). The number of halogens is 2. The van der Waals surface area contributed by atoms with E-state index in [1.54, 1.807) is 11.6 Å². The fourth-order valence-corrected chi connectivity index (χ4v) is 3.63. The molecule has 29 heavy (non-hydrogen) atoms. The summed E-state index contributed by atoms with van der Waals surface area (Å²) in [6, 6.07) is 13.3. The van der Waals surface area contributed by atoms with Crippen molar-refractivity contribution in [2.75, 3.05) is 6.61 Å². The molecule has 0 fully saturated rings. The summed E-state index contributed by atoms with van der Waals surface area (Å²) in [4.78, 5) is 12.5. The maximum atomic E-state index is 12.5. The van der Waals surface area contributed by atoms with E-state index in [1.165, 1.54) is 0 Å². The minimum atomic E-state index is -0.451. The third-order valence-electron chi connectivity index (χ3n) is 4.55. The molecule has 0 spiro atoms. The Kier molecular flexibility index (Phi) is 6.46. The number of allylic oxidation sites excluding steroid dienone is 1. The zero-order chi connectivity index (χ0) is 21.1. The number of nitrogens with zero attached hydrogens (tertiary/aromatic N) is 2. The van der Waals surface area contributed by atoms with Crippen LogP contribution in [0.15, 0.2) is 42.5 Å². The number of esters is 1. The Morgan fingerprint density at radius 1 is 1.14 bits per heavy atom. The molecule has 0 atom stereocenters. The molecule has 0 saturated heterocycles. The Morgan fingerprint density at radius 2 is 1.83 bits per heavy atom. The maximum Gasteiger partial charge on any atom is 0.359 e. The van der Waals surface area contributed by atoms with Crippen molar-refractivity contribution in [2.45, 2.75) is 27.7 Å². The number of hydrogen-bond acceptors (Lipinski definition) is 3. The summed E-state index contributed by atoms with van der Waals surface area (Å²) in [5.41, 5.74) is 5.49. The van der Waals surface area contributed by atoms with E-state index in [2.05, 4.69) is 5.10 Å². The standard InChI is InChI=1S/C23H22Cl2N2O2/c1-5-29-23(28)21-16(4)22(15(3)13-17-7-9-18(24)10-8-17)27(26-21)20-11-6-14(2)12-19(20)25/h6-13H,5H2,1-4H3/b15-13+. The van der Waals surface area contributed by atoms with Crippen LogP contribution in [0, 0.1) is 13.8 Å².